The molecular weight excluding hydrogens is 283 g/mol. The average Bonchev–Trinajstić information content (AvgIpc) is 2.80. The zero-order valence-corrected chi connectivity index (χ0v) is 11.3. The normalized spacial score (nSPS) is 11.4. The molecule has 0 aliphatic carbocycles. The van der Waals surface area contributed by atoms with Crippen LogP contribution in [0.15, 0.2) is 30.5 Å². The number of hydrogen-bond acceptors (Lipinski definition) is 2. The molecule has 0 bridgehead atoms. The van der Waals surface area contributed by atoms with Crippen molar-refractivity contribution in [2.45, 2.75) is 19.5 Å². The van der Waals surface area contributed by atoms with Gasteiger partial charge in [-0.15, -0.1) is 0 Å². The molecule has 0 atom stereocenters. The Kier molecular flexibility index (Phi) is 4.35. The molecule has 0 unspecified atom stereocenters. The molecule has 0 radical (unpaired) electrons. The SMILES string of the molecule is Cc1c(CCOC=O)c[nH]c1-c1ccccc1C(F)(F)F. The third-order valence-corrected chi connectivity index (χ3v) is 3.31. The fraction of sp³-hybridized carbons (Fsp3) is 0.267. The summed E-state index contributed by atoms with van der Waals surface area (Å²) in [6.07, 6.45) is -2.31. The number of carbonyl (C=O) groups excluding carboxylic acids is 1. The molecule has 6 heteroatoms. The highest BCUT2D eigenvalue weighted by atomic mass is 19.4. The van der Waals surface area contributed by atoms with Crippen LogP contribution >= 0.6 is 0 Å². The number of halogens is 3. The molecule has 0 saturated heterocycles. The second kappa shape index (κ2) is 6.03. The predicted octanol–water partition coefficient (Wildman–Crippen LogP) is 3.72. The minimum Gasteiger partial charge on any atom is -0.468 e. The number of carbonyl (C=O) groups is 1. The van der Waals surface area contributed by atoms with E-state index in [1.807, 2.05) is 0 Å². The van der Waals surface area contributed by atoms with Crippen LogP contribution in [0.2, 0.25) is 0 Å². The Bertz CT molecular complexity index is 632. The lowest BCUT2D eigenvalue weighted by atomic mass is 10.00. The predicted molar refractivity (Wildman–Crippen MR) is 71.7 cm³/mol. The number of rotatable bonds is 5. The molecule has 1 aromatic carbocycles. The van der Waals surface area contributed by atoms with Gasteiger partial charge in [0, 0.05) is 23.9 Å². The molecule has 0 aliphatic heterocycles. The summed E-state index contributed by atoms with van der Waals surface area (Å²) in [4.78, 5) is 13.0. The maximum Gasteiger partial charge on any atom is 0.417 e. The monoisotopic (exact) mass is 297 g/mol. The van der Waals surface area contributed by atoms with Gasteiger partial charge in [-0.1, -0.05) is 18.2 Å². The fourth-order valence-electron chi connectivity index (χ4n) is 2.24. The highest BCUT2D eigenvalue weighted by Crippen LogP contribution is 2.38. The first-order valence-corrected chi connectivity index (χ1v) is 6.34. The van der Waals surface area contributed by atoms with E-state index in [0.717, 1.165) is 17.2 Å². The fourth-order valence-corrected chi connectivity index (χ4v) is 2.24. The van der Waals surface area contributed by atoms with Gasteiger partial charge < -0.3 is 9.72 Å². The highest BCUT2D eigenvalue weighted by Gasteiger charge is 2.34. The van der Waals surface area contributed by atoms with Gasteiger partial charge in [-0.25, -0.2) is 0 Å². The molecule has 21 heavy (non-hydrogen) atoms. The molecule has 3 nitrogen and oxygen atoms in total. The van der Waals surface area contributed by atoms with Gasteiger partial charge >= 0.3 is 6.18 Å². The molecule has 2 aromatic rings. The summed E-state index contributed by atoms with van der Waals surface area (Å²) in [7, 11) is 0. The Hall–Kier alpha value is -2.24. The topological polar surface area (TPSA) is 42.1 Å². The first-order valence-electron chi connectivity index (χ1n) is 6.34. The summed E-state index contributed by atoms with van der Waals surface area (Å²) in [6, 6.07) is 5.43. The molecule has 1 aromatic heterocycles. The number of benzene rings is 1. The molecule has 0 saturated carbocycles. The van der Waals surface area contributed by atoms with Crippen molar-refractivity contribution in [1.82, 2.24) is 4.98 Å². The van der Waals surface area contributed by atoms with Gasteiger partial charge in [0.2, 0.25) is 0 Å². The Morgan fingerprint density at radius 2 is 2.00 bits per heavy atom. The Morgan fingerprint density at radius 3 is 2.67 bits per heavy atom. The maximum absolute atomic E-state index is 13.0. The van der Waals surface area contributed by atoms with E-state index in [1.165, 1.54) is 12.1 Å². The largest absolute Gasteiger partial charge is 0.468 e. The van der Waals surface area contributed by atoms with Crippen molar-refractivity contribution in [2.75, 3.05) is 6.61 Å². The summed E-state index contributed by atoms with van der Waals surface area (Å²) < 4.78 is 43.8. The maximum atomic E-state index is 13.0. The van der Waals surface area contributed by atoms with Crippen molar-refractivity contribution in [3.05, 3.63) is 47.2 Å². The number of aromatic amines is 1. The summed E-state index contributed by atoms with van der Waals surface area (Å²) in [5.41, 5.74) is 1.42. The van der Waals surface area contributed by atoms with Crippen molar-refractivity contribution in [2.24, 2.45) is 0 Å². The summed E-state index contributed by atoms with van der Waals surface area (Å²) in [5, 5.41) is 0. The lowest BCUT2D eigenvalue weighted by Gasteiger charge is -2.12. The third kappa shape index (κ3) is 3.26. The lowest BCUT2D eigenvalue weighted by Crippen LogP contribution is -2.07. The highest BCUT2D eigenvalue weighted by molar-refractivity contribution is 5.69. The van der Waals surface area contributed by atoms with Crippen LogP contribution < -0.4 is 0 Å². The summed E-state index contributed by atoms with van der Waals surface area (Å²) >= 11 is 0. The summed E-state index contributed by atoms with van der Waals surface area (Å²) in [6.45, 7) is 2.29. The summed E-state index contributed by atoms with van der Waals surface area (Å²) in [5.74, 6) is 0. The zero-order valence-electron chi connectivity index (χ0n) is 11.3. The van der Waals surface area contributed by atoms with Gasteiger partial charge in [0.05, 0.1) is 12.2 Å². The number of ether oxygens (including phenoxy) is 1. The molecule has 0 fully saturated rings. The molecule has 2 rings (SSSR count). The smallest absolute Gasteiger partial charge is 0.417 e. The number of hydrogen-bond donors (Lipinski definition) is 1. The minimum atomic E-state index is -4.41. The van der Waals surface area contributed by atoms with Gasteiger partial charge in [0.15, 0.2) is 0 Å². The van der Waals surface area contributed by atoms with E-state index in [1.54, 1.807) is 19.2 Å². The van der Waals surface area contributed by atoms with Crippen molar-refractivity contribution < 1.29 is 22.7 Å². The number of aromatic nitrogens is 1. The Balaban J connectivity index is 2.38. The number of alkyl halides is 3. The number of nitrogens with one attached hydrogen (secondary N) is 1. The number of H-pyrrole nitrogens is 1. The van der Waals surface area contributed by atoms with Gasteiger partial charge in [0.25, 0.3) is 6.47 Å². The molecule has 112 valence electrons. The molecule has 1 heterocycles. The van der Waals surface area contributed by atoms with E-state index in [9.17, 15) is 18.0 Å². The Labute approximate surface area is 119 Å². The minimum absolute atomic E-state index is 0.116. The van der Waals surface area contributed by atoms with E-state index < -0.39 is 11.7 Å². The molecule has 0 spiro atoms. The van der Waals surface area contributed by atoms with Crippen molar-refractivity contribution >= 4 is 6.47 Å². The van der Waals surface area contributed by atoms with Crippen molar-refractivity contribution in [3.63, 3.8) is 0 Å². The van der Waals surface area contributed by atoms with E-state index >= 15 is 0 Å². The van der Waals surface area contributed by atoms with Crippen LogP contribution in [0.3, 0.4) is 0 Å². The first kappa shape index (κ1) is 15.2. The standard InChI is InChI=1S/C15H14F3NO2/c1-10-11(6-7-21-9-20)8-19-14(10)12-4-2-3-5-13(12)15(16,17)18/h2-5,8-9,19H,6-7H2,1H3. The van der Waals surface area contributed by atoms with E-state index in [4.69, 9.17) is 0 Å². The third-order valence-electron chi connectivity index (χ3n) is 3.31. The van der Waals surface area contributed by atoms with E-state index in [2.05, 4.69) is 9.72 Å². The van der Waals surface area contributed by atoms with E-state index in [-0.39, 0.29) is 12.2 Å². The van der Waals surface area contributed by atoms with Crippen LogP contribution in [0.25, 0.3) is 11.3 Å². The first-order chi connectivity index (χ1) is 9.95. The average molecular weight is 297 g/mol. The van der Waals surface area contributed by atoms with Gasteiger partial charge in [-0.2, -0.15) is 13.2 Å². The second-order valence-electron chi connectivity index (χ2n) is 4.57. The van der Waals surface area contributed by atoms with Crippen LogP contribution in [-0.2, 0) is 22.1 Å². The molecular formula is C15H14F3NO2. The van der Waals surface area contributed by atoms with Crippen LogP contribution in [0.4, 0.5) is 13.2 Å². The molecule has 0 amide bonds. The van der Waals surface area contributed by atoms with Crippen LogP contribution in [0.5, 0.6) is 0 Å². The quantitative estimate of drug-likeness (QED) is 0.675. The van der Waals surface area contributed by atoms with Crippen LogP contribution in [0.1, 0.15) is 16.7 Å². The zero-order chi connectivity index (χ0) is 15.5. The van der Waals surface area contributed by atoms with Crippen LogP contribution in [-0.4, -0.2) is 18.1 Å². The van der Waals surface area contributed by atoms with Crippen molar-refractivity contribution in [3.8, 4) is 11.3 Å². The van der Waals surface area contributed by atoms with Crippen molar-refractivity contribution in [1.29, 1.82) is 0 Å². The van der Waals surface area contributed by atoms with Gasteiger partial charge in [-0.05, 0) is 24.1 Å². The van der Waals surface area contributed by atoms with Gasteiger partial charge in [0.1, 0.15) is 0 Å². The Morgan fingerprint density at radius 1 is 1.29 bits per heavy atom. The lowest BCUT2D eigenvalue weighted by molar-refractivity contribution is -0.137. The second-order valence-corrected chi connectivity index (χ2v) is 4.57. The van der Waals surface area contributed by atoms with Gasteiger partial charge in [-0.3, -0.25) is 4.79 Å². The van der Waals surface area contributed by atoms with Crippen LogP contribution in [0, 0.1) is 6.92 Å². The molecule has 1 N–H and O–H groups in total. The van der Waals surface area contributed by atoms with E-state index in [0.29, 0.717) is 18.6 Å². The molecule has 0 aliphatic rings.